The van der Waals surface area contributed by atoms with E-state index in [-0.39, 0.29) is 12.0 Å². The SMILES string of the molecule is CNC(=O)c1sc(N2CCC(O)C2)cc1N. The molecule has 1 amide bonds. The lowest BCUT2D eigenvalue weighted by molar-refractivity contribution is 0.0968. The van der Waals surface area contributed by atoms with Gasteiger partial charge in [0.25, 0.3) is 5.91 Å². The molecule has 1 aliphatic rings. The standard InChI is InChI=1S/C10H15N3O2S/c1-12-10(15)9-7(11)4-8(16-9)13-3-2-6(14)5-13/h4,6,14H,2-3,5,11H2,1H3,(H,12,15). The van der Waals surface area contributed by atoms with Gasteiger partial charge < -0.3 is 21.1 Å². The van der Waals surface area contributed by atoms with Crippen LogP contribution >= 0.6 is 11.3 Å². The molecule has 6 heteroatoms. The quantitative estimate of drug-likeness (QED) is 0.694. The summed E-state index contributed by atoms with van der Waals surface area (Å²) in [4.78, 5) is 14.1. The number of aliphatic hydroxyl groups excluding tert-OH is 1. The molecule has 4 N–H and O–H groups in total. The van der Waals surface area contributed by atoms with Crippen LogP contribution in [0, 0.1) is 0 Å². The van der Waals surface area contributed by atoms with E-state index >= 15 is 0 Å². The zero-order chi connectivity index (χ0) is 11.7. The Labute approximate surface area is 97.9 Å². The van der Waals surface area contributed by atoms with Gasteiger partial charge in [-0.05, 0) is 12.5 Å². The first kappa shape index (κ1) is 11.2. The van der Waals surface area contributed by atoms with Crippen LogP contribution in [0.2, 0.25) is 0 Å². The third-order valence-corrected chi connectivity index (χ3v) is 3.87. The number of hydrogen-bond acceptors (Lipinski definition) is 5. The largest absolute Gasteiger partial charge is 0.397 e. The summed E-state index contributed by atoms with van der Waals surface area (Å²) < 4.78 is 0. The van der Waals surface area contributed by atoms with Gasteiger partial charge in [-0.15, -0.1) is 11.3 Å². The average molecular weight is 241 g/mol. The molecule has 1 atom stereocenters. The first-order valence-corrected chi connectivity index (χ1v) is 5.98. The Kier molecular flexibility index (Phi) is 3.02. The van der Waals surface area contributed by atoms with Crippen LogP contribution in [0.4, 0.5) is 10.7 Å². The van der Waals surface area contributed by atoms with Gasteiger partial charge >= 0.3 is 0 Å². The molecular formula is C10H15N3O2S. The zero-order valence-corrected chi connectivity index (χ0v) is 9.88. The van der Waals surface area contributed by atoms with Crippen molar-refractivity contribution in [2.45, 2.75) is 12.5 Å². The number of nitrogens with zero attached hydrogens (tertiary/aromatic N) is 1. The second-order valence-electron chi connectivity index (χ2n) is 3.84. The van der Waals surface area contributed by atoms with Crippen LogP contribution in [0.3, 0.4) is 0 Å². The molecule has 1 unspecified atom stereocenters. The van der Waals surface area contributed by atoms with Crippen molar-refractivity contribution in [2.24, 2.45) is 0 Å². The monoisotopic (exact) mass is 241 g/mol. The van der Waals surface area contributed by atoms with Gasteiger partial charge in [-0.2, -0.15) is 0 Å². The summed E-state index contributed by atoms with van der Waals surface area (Å²) in [7, 11) is 1.58. The van der Waals surface area contributed by atoms with Crippen molar-refractivity contribution in [1.29, 1.82) is 0 Å². The first-order valence-electron chi connectivity index (χ1n) is 5.16. The lowest BCUT2D eigenvalue weighted by Gasteiger charge is -2.14. The summed E-state index contributed by atoms with van der Waals surface area (Å²) in [5, 5.41) is 13.0. The molecule has 2 rings (SSSR count). The number of aliphatic hydroxyl groups is 1. The Hall–Kier alpha value is -1.27. The Bertz CT molecular complexity index is 405. The number of nitrogen functional groups attached to an aromatic ring is 1. The third kappa shape index (κ3) is 1.98. The molecule has 1 fully saturated rings. The van der Waals surface area contributed by atoms with E-state index in [1.165, 1.54) is 11.3 Å². The van der Waals surface area contributed by atoms with E-state index in [2.05, 4.69) is 10.2 Å². The van der Waals surface area contributed by atoms with Crippen molar-refractivity contribution < 1.29 is 9.90 Å². The highest BCUT2D eigenvalue weighted by Crippen LogP contribution is 2.33. The Morgan fingerprint density at radius 1 is 1.75 bits per heavy atom. The number of thiophene rings is 1. The van der Waals surface area contributed by atoms with Gasteiger partial charge in [0.1, 0.15) is 4.88 Å². The maximum Gasteiger partial charge on any atom is 0.263 e. The Morgan fingerprint density at radius 3 is 3.06 bits per heavy atom. The van der Waals surface area contributed by atoms with Crippen LogP contribution in [0.5, 0.6) is 0 Å². The average Bonchev–Trinajstić information content (AvgIpc) is 2.83. The molecule has 0 bridgehead atoms. The summed E-state index contributed by atoms with van der Waals surface area (Å²) in [5.74, 6) is -0.159. The highest BCUT2D eigenvalue weighted by Gasteiger charge is 2.23. The fraction of sp³-hybridized carbons (Fsp3) is 0.500. The minimum Gasteiger partial charge on any atom is -0.397 e. The Morgan fingerprint density at radius 2 is 2.50 bits per heavy atom. The van der Waals surface area contributed by atoms with Gasteiger partial charge in [0, 0.05) is 20.1 Å². The molecular weight excluding hydrogens is 226 g/mol. The summed E-state index contributed by atoms with van der Waals surface area (Å²) in [6.45, 7) is 1.43. The number of carbonyl (C=O) groups excluding carboxylic acids is 1. The van der Waals surface area contributed by atoms with Crippen molar-refractivity contribution in [3.05, 3.63) is 10.9 Å². The molecule has 2 heterocycles. The highest BCUT2D eigenvalue weighted by molar-refractivity contribution is 7.18. The molecule has 0 saturated carbocycles. The van der Waals surface area contributed by atoms with E-state index in [0.717, 1.165) is 18.0 Å². The summed E-state index contributed by atoms with van der Waals surface area (Å²) in [6, 6.07) is 1.80. The van der Waals surface area contributed by atoms with Crippen molar-refractivity contribution in [3.63, 3.8) is 0 Å². The molecule has 1 aromatic heterocycles. The number of hydrogen-bond donors (Lipinski definition) is 3. The van der Waals surface area contributed by atoms with Gasteiger partial charge in [0.05, 0.1) is 16.8 Å². The number of anilines is 2. The minimum atomic E-state index is -0.272. The predicted molar refractivity (Wildman–Crippen MR) is 65.0 cm³/mol. The third-order valence-electron chi connectivity index (χ3n) is 2.66. The van der Waals surface area contributed by atoms with E-state index in [9.17, 15) is 9.90 Å². The second-order valence-corrected chi connectivity index (χ2v) is 4.87. The number of nitrogens with two attached hydrogens (primary N) is 1. The molecule has 1 aliphatic heterocycles. The van der Waals surface area contributed by atoms with Crippen LogP contribution in [-0.2, 0) is 0 Å². The minimum absolute atomic E-state index is 0.159. The summed E-state index contributed by atoms with van der Waals surface area (Å²) in [5.41, 5.74) is 6.28. The van der Waals surface area contributed by atoms with Crippen LogP contribution in [0.15, 0.2) is 6.07 Å². The lowest BCUT2D eigenvalue weighted by Crippen LogP contribution is -2.20. The zero-order valence-electron chi connectivity index (χ0n) is 9.06. The van der Waals surface area contributed by atoms with E-state index in [4.69, 9.17) is 5.73 Å². The molecule has 88 valence electrons. The number of amides is 1. The molecule has 0 spiro atoms. The maximum absolute atomic E-state index is 11.5. The number of rotatable bonds is 2. The Balaban J connectivity index is 2.20. The van der Waals surface area contributed by atoms with Gasteiger partial charge in [-0.3, -0.25) is 4.79 Å². The molecule has 16 heavy (non-hydrogen) atoms. The van der Waals surface area contributed by atoms with E-state index < -0.39 is 0 Å². The van der Waals surface area contributed by atoms with Crippen molar-refractivity contribution in [1.82, 2.24) is 5.32 Å². The summed E-state index contributed by atoms with van der Waals surface area (Å²) >= 11 is 1.37. The van der Waals surface area contributed by atoms with Gasteiger partial charge in [-0.1, -0.05) is 0 Å². The number of carbonyl (C=O) groups is 1. The molecule has 0 aliphatic carbocycles. The normalized spacial score (nSPS) is 20.1. The highest BCUT2D eigenvalue weighted by atomic mass is 32.1. The molecule has 5 nitrogen and oxygen atoms in total. The topological polar surface area (TPSA) is 78.6 Å². The smallest absolute Gasteiger partial charge is 0.263 e. The van der Waals surface area contributed by atoms with Crippen LogP contribution in [0.25, 0.3) is 0 Å². The molecule has 0 radical (unpaired) electrons. The van der Waals surface area contributed by atoms with E-state index in [1.807, 2.05) is 0 Å². The van der Waals surface area contributed by atoms with Gasteiger partial charge in [0.15, 0.2) is 0 Å². The van der Waals surface area contributed by atoms with Crippen molar-refractivity contribution >= 4 is 27.9 Å². The fourth-order valence-electron chi connectivity index (χ4n) is 1.78. The van der Waals surface area contributed by atoms with Gasteiger partial charge in [-0.25, -0.2) is 0 Å². The van der Waals surface area contributed by atoms with Crippen LogP contribution < -0.4 is 16.0 Å². The fourth-order valence-corrected chi connectivity index (χ4v) is 2.84. The van der Waals surface area contributed by atoms with E-state index in [1.54, 1.807) is 13.1 Å². The van der Waals surface area contributed by atoms with Crippen LogP contribution in [0.1, 0.15) is 16.1 Å². The molecule has 0 aromatic carbocycles. The molecule has 1 aromatic rings. The van der Waals surface area contributed by atoms with Crippen LogP contribution in [-0.4, -0.2) is 37.3 Å². The van der Waals surface area contributed by atoms with Gasteiger partial charge in [0.2, 0.25) is 0 Å². The summed E-state index contributed by atoms with van der Waals surface area (Å²) in [6.07, 6.45) is 0.499. The lowest BCUT2D eigenvalue weighted by atomic mass is 10.3. The second kappa shape index (κ2) is 4.31. The molecule has 1 saturated heterocycles. The predicted octanol–water partition coefficient (Wildman–Crippen LogP) is 0.261. The van der Waals surface area contributed by atoms with Crippen molar-refractivity contribution in [3.8, 4) is 0 Å². The number of β-amino-alcohol motifs (C(OH)–C–C–N with tert-alkyl or cyclic N) is 1. The first-order chi connectivity index (χ1) is 7.61. The maximum atomic E-state index is 11.5. The number of nitrogens with one attached hydrogen (secondary N) is 1. The van der Waals surface area contributed by atoms with Crippen molar-refractivity contribution in [2.75, 3.05) is 30.8 Å². The van der Waals surface area contributed by atoms with E-state index in [0.29, 0.717) is 17.1 Å².